The normalized spacial score (nSPS) is 14.2. The summed E-state index contributed by atoms with van der Waals surface area (Å²) in [5.74, 6) is -0.115. The summed E-state index contributed by atoms with van der Waals surface area (Å²) in [5, 5.41) is 22.9. The Kier molecular flexibility index (Phi) is 36.6. The fourth-order valence-electron chi connectivity index (χ4n) is 5.06. The number of hydrogen-bond donors (Lipinski definition) is 3. The Balaban J connectivity index is 3.81. The van der Waals surface area contributed by atoms with Gasteiger partial charge < -0.3 is 15.5 Å². The highest BCUT2D eigenvalue weighted by Crippen LogP contribution is 2.09. The van der Waals surface area contributed by atoms with E-state index in [1.54, 1.807) is 6.08 Å². The molecule has 0 saturated carbocycles. The maximum Gasteiger partial charge on any atom is 0.220 e. The van der Waals surface area contributed by atoms with Gasteiger partial charge in [-0.05, 0) is 89.9 Å². The van der Waals surface area contributed by atoms with Crippen LogP contribution in [0.5, 0.6) is 0 Å². The number of aliphatic hydroxyl groups is 2. The zero-order chi connectivity index (χ0) is 35.0. The molecular formula is C44H73NO3. The number of carbonyl (C=O) groups is 1. The molecule has 0 saturated heterocycles. The Labute approximate surface area is 296 Å². The van der Waals surface area contributed by atoms with Crippen molar-refractivity contribution in [1.29, 1.82) is 0 Å². The molecule has 0 aromatic heterocycles. The fraction of sp³-hybridized carbons (Fsp3) is 0.614. The summed E-state index contributed by atoms with van der Waals surface area (Å²) in [5.41, 5.74) is 0. The lowest BCUT2D eigenvalue weighted by atomic mass is 10.1. The number of unbranched alkanes of at least 4 members (excludes halogenated alkanes) is 12. The highest BCUT2D eigenvalue weighted by atomic mass is 16.3. The van der Waals surface area contributed by atoms with Crippen molar-refractivity contribution in [3.8, 4) is 0 Å². The number of aliphatic hydroxyl groups excluding tert-OH is 2. The van der Waals surface area contributed by atoms with Gasteiger partial charge in [-0.2, -0.15) is 0 Å². The molecule has 0 aliphatic rings. The first-order chi connectivity index (χ1) is 23.7. The van der Waals surface area contributed by atoms with Gasteiger partial charge in [0.1, 0.15) is 0 Å². The topological polar surface area (TPSA) is 69.6 Å². The number of rotatable bonds is 33. The third kappa shape index (κ3) is 34.6. The molecule has 0 fully saturated rings. The van der Waals surface area contributed by atoms with Gasteiger partial charge in [-0.25, -0.2) is 0 Å². The molecule has 4 heteroatoms. The minimum atomic E-state index is -0.889. The molecule has 0 aliphatic carbocycles. The van der Waals surface area contributed by atoms with E-state index in [4.69, 9.17) is 0 Å². The second-order valence-corrected chi connectivity index (χ2v) is 12.6. The van der Waals surface area contributed by atoms with Gasteiger partial charge in [0.15, 0.2) is 0 Å². The fourth-order valence-corrected chi connectivity index (χ4v) is 5.06. The number of hydrogen-bond acceptors (Lipinski definition) is 3. The summed E-state index contributed by atoms with van der Waals surface area (Å²) < 4.78 is 0. The van der Waals surface area contributed by atoms with Crippen molar-refractivity contribution >= 4 is 5.91 Å². The Morgan fingerprint density at radius 1 is 0.521 bits per heavy atom. The summed E-state index contributed by atoms with van der Waals surface area (Å²) >= 11 is 0. The van der Waals surface area contributed by atoms with Crippen molar-refractivity contribution in [2.24, 2.45) is 0 Å². The number of amides is 1. The second kappa shape index (κ2) is 38.8. The van der Waals surface area contributed by atoms with E-state index < -0.39 is 12.1 Å². The van der Waals surface area contributed by atoms with Gasteiger partial charge in [-0.15, -0.1) is 0 Å². The molecule has 48 heavy (non-hydrogen) atoms. The van der Waals surface area contributed by atoms with E-state index in [0.717, 1.165) is 83.5 Å². The zero-order valence-corrected chi connectivity index (χ0v) is 31.0. The zero-order valence-electron chi connectivity index (χ0n) is 31.0. The smallest absolute Gasteiger partial charge is 0.220 e. The van der Waals surface area contributed by atoms with Gasteiger partial charge in [0.25, 0.3) is 0 Å². The molecule has 0 bridgehead atoms. The van der Waals surface area contributed by atoms with Gasteiger partial charge in [-0.3, -0.25) is 4.79 Å². The molecule has 0 aliphatic heterocycles. The molecule has 1 amide bonds. The van der Waals surface area contributed by atoms with Crippen LogP contribution in [0, 0.1) is 0 Å². The van der Waals surface area contributed by atoms with Crippen LogP contribution in [-0.2, 0) is 4.79 Å². The third-order valence-corrected chi connectivity index (χ3v) is 8.03. The van der Waals surface area contributed by atoms with E-state index in [2.05, 4.69) is 104 Å². The predicted octanol–water partition coefficient (Wildman–Crippen LogP) is 11.9. The maximum atomic E-state index is 12.3. The summed E-state index contributed by atoms with van der Waals surface area (Å²) in [6, 6.07) is -0.668. The van der Waals surface area contributed by atoms with Crippen molar-refractivity contribution in [3.63, 3.8) is 0 Å². The first-order valence-corrected chi connectivity index (χ1v) is 19.5. The number of carbonyl (C=O) groups excluding carboxylic acids is 1. The van der Waals surface area contributed by atoms with E-state index in [0.29, 0.717) is 6.42 Å². The van der Waals surface area contributed by atoms with Crippen molar-refractivity contribution in [2.45, 2.75) is 167 Å². The van der Waals surface area contributed by atoms with Crippen LogP contribution in [0.1, 0.15) is 155 Å². The first-order valence-electron chi connectivity index (χ1n) is 19.5. The van der Waals surface area contributed by atoms with Crippen LogP contribution in [0.3, 0.4) is 0 Å². The molecule has 0 radical (unpaired) electrons. The Bertz CT molecular complexity index is 937. The van der Waals surface area contributed by atoms with Crippen LogP contribution in [-0.4, -0.2) is 34.9 Å². The molecule has 272 valence electrons. The molecule has 0 aromatic rings. The van der Waals surface area contributed by atoms with E-state index >= 15 is 0 Å². The SMILES string of the molecule is CC/C=C\C/C=C\C/C=C\C/C=C\C/C=C\CCCCCC(=O)NC(CO)C(O)/C=C/CC/C=C/CC/C=C/CCCCCCCCC. The summed E-state index contributed by atoms with van der Waals surface area (Å²) in [4.78, 5) is 12.3. The van der Waals surface area contributed by atoms with Crippen LogP contribution >= 0.6 is 0 Å². The summed E-state index contributed by atoms with van der Waals surface area (Å²) in [7, 11) is 0. The number of nitrogens with one attached hydrogen (secondary N) is 1. The quantitative estimate of drug-likeness (QED) is 0.0483. The van der Waals surface area contributed by atoms with Crippen LogP contribution in [0.25, 0.3) is 0 Å². The Hall–Kier alpha value is -2.69. The van der Waals surface area contributed by atoms with Crippen LogP contribution in [0.15, 0.2) is 97.2 Å². The largest absolute Gasteiger partial charge is 0.394 e. The highest BCUT2D eigenvalue weighted by molar-refractivity contribution is 5.76. The van der Waals surface area contributed by atoms with Crippen molar-refractivity contribution in [2.75, 3.05) is 6.61 Å². The van der Waals surface area contributed by atoms with Gasteiger partial charge in [-0.1, -0.05) is 156 Å². The maximum absolute atomic E-state index is 12.3. The summed E-state index contributed by atoms with van der Waals surface area (Å²) in [6.07, 6.45) is 57.8. The Morgan fingerprint density at radius 2 is 0.938 bits per heavy atom. The van der Waals surface area contributed by atoms with Crippen molar-refractivity contribution < 1.29 is 15.0 Å². The predicted molar refractivity (Wildman–Crippen MR) is 211 cm³/mol. The van der Waals surface area contributed by atoms with Gasteiger partial charge in [0, 0.05) is 6.42 Å². The number of allylic oxidation sites excluding steroid dienone is 15. The summed E-state index contributed by atoms with van der Waals surface area (Å²) in [6.45, 7) is 4.13. The Morgan fingerprint density at radius 3 is 1.46 bits per heavy atom. The van der Waals surface area contributed by atoms with E-state index in [1.165, 1.54) is 51.4 Å². The van der Waals surface area contributed by atoms with Crippen LogP contribution in [0.2, 0.25) is 0 Å². The van der Waals surface area contributed by atoms with Crippen LogP contribution < -0.4 is 5.32 Å². The monoisotopic (exact) mass is 664 g/mol. The second-order valence-electron chi connectivity index (χ2n) is 12.6. The molecular weight excluding hydrogens is 590 g/mol. The minimum Gasteiger partial charge on any atom is -0.394 e. The molecule has 0 aromatic carbocycles. The lowest BCUT2D eigenvalue weighted by molar-refractivity contribution is -0.123. The van der Waals surface area contributed by atoms with E-state index in [1.807, 2.05) is 6.08 Å². The average Bonchev–Trinajstić information content (AvgIpc) is 3.09. The van der Waals surface area contributed by atoms with Gasteiger partial charge >= 0.3 is 0 Å². The molecule has 2 unspecified atom stereocenters. The van der Waals surface area contributed by atoms with Crippen LogP contribution in [0.4, 0.5) is 0 Å². The molecule has 3 N–H and O–H groups in total. The molecule has 0 spiro atoms. The lowest BCUT2D eigenvalue weighted by Crippen LogP contribution is -2.45. The van der Waals surface area contributed by atoms with E-state index in [-0.39, 0.29) is 12.5 Å². The van der Waals surface area contributed by atoms with Crippen molar-refractivity contribution in [1.82, 2.24) is 5.32 Å². The molecule has 0 heterocycles. The highest BCUT2D eigenvalue weighted by Gasteiger charge is 2.17. The molecule has 0 rings (SSSR count). The van der Waals surface area contributed by atoms with Gasteiger partial charge in [0.2, 0.25) is 5.91 Å². The minimum absolute atomic E-state index is 0.115. The average molecular weight is 664 g/mol. The first kappa shape index (κ1) is 45.3. The standard InChI is InChI=1S/C44H73NO3/c1-3-5-7-9-11-13-15-17-19-21-22-24-26-28-30-32-34-36-38-40-44(48)45-42(41-46)43(47)39-37-35-33-31-29-27-25-23-20-18-16-14-12-10-8-6-4-2/h5,7,11,13,17,19-20,22-24,28-31,37,39,42-43,46-47H,3-4,6,8-10,12,14-16,18,21,25-27,32-36,38,40-41H2,1-2H3,(H,45,48)/b7-5-,13-11-,19-17-,23-20+,24-22-,30-28-,31-29+,39-37+. The van der Waals surface area contributed by atoms with Gasteiger partial charge in [0.05, 0.1) is 18.8 Å². The van der Waals surface area contributed by atoms with Crippen molar-refractivity contribution in [3.05, 3.63) is 97.2 Å². The molecule has 4 nitrogen and oxygen atoms in total. The molecule has 2 atom stereocenters. The third-order valence-electron chi connectivity index (χ3n) is 8.03. The lowest BCUT2D eigenvalue weighted by Gasteiger charge is -2.19. The van der Waals surface area contributed by atoms with E-state index in [9.17, 15) is 15.0 Å².